The zero-order chi connectivity index (χ0) is 15.7. The highest BCUT2D eigenvalue weighted by molar-refractivity contribution is 5.68. The van der Waals surface area contributed by atoms with Gasteiger partial charge in [-0.3, -0.25) is 0 Å². The molecule has 0 aliphatic rings. The van der Waals surface area contributed by atoms with Gasteiger partial charge in [-0.05, 0) is 51.0 Å². The fraction of sp³-hybridized carbons (Fsp3) is 0.211. The van der Waals surface area contributed by atoms with Crippen molar-refractivity contribution < 1.29 is 0 Å². The Morgan fingerprint density at radius 1 is 0.773 bits per heavy atom. The molecule has 0 atom stereocenters. The van der Waals surface area contributed by atoms with Crippen molar-refractivity contribution in [1.29, 1.82) is 0 Å². The fourth-order valence-electron chi connectivity index (χ4n) is 2.57. The maximum Gasteiger partial charge on any atom is 0.178 e. The zero-order valence-electron chi connectivity index (χ0n) is 13.4. The Morgan fingerprint density at radius 2 is 1.59 bits per heavy atom. The van der Waals surface area contributed by atoms with Crippen molar-refractivity contribution >= 4 is 0 Å². The van der Waals surface area contributed by atoms with E-state index in [-0.39, 0.29) is 0 Å². The maximum absolute atomic E-state index is 4.82. The summed E-state index contributed by atoms with van der Waals surface area (Å²) >= 11 is 0. The van der Waals surface area contributed by atoms with Crippen LogP contribution in [0.25, 0.3) is 22.8 Å². The van der Waals surface area contributed by atoms with Crippen molar-refractivity contribution in [2.24, 2.45) is 0 Å². The van der Waals surface area contributed by atoms with Gasteiger partial charge in [0.2, 0.25) is 0 Å². The van der Waals surface area contributed by atoms with E-state index < -0.39 is 0 Å². The van der Waals surface area contributed by atoms with E-state index in [0.29, 0.717) is 5.82 Å². The number of aryl methyl sites for hydroxylation is 4. The lowest BCUT2D eigenvalue weighted by Crippen LogP contribution is -1.98. The predicted molar refractivity (Wildman–Crippen MR) is 89.6 cm³/mol. The molecule has 3 aromatic rings. The minimum Gasteiger partial charge on any atom is -0.244 e. The lowest BCUT2D eigenvalue weighted by molar-refractivity contribution is 1.08. The van der Waals surface area contributed by atoms with Crippen LogP contribution in [0.4, 0.5) is 0 Å². The first kappa shape index (κ1) is 14.4. The van der Waals surface area contributed by atoms with E-state index in [1.807, 2.05) is 19.9 Å². The summed E-state index contributed by atoms with van der Waals surface area (Å²) in [6.45, 7) is 8.23. The second-order valence-corrected chi connectivity index (χ2v) is 5.70. The first-order valence-corrected chi connectivity index (χ1v) is 7.40. The zero-order valence-corrected chi connectivity index (χ0v) is 13.4. The first-order valence-electron chi connectivity index (χ1n) is 7.40. The van der Waals surface area contributed by atoms with Crippen LogP contribution in [0, 0.1) is 27.7 Å². The summed E-state index contributed by atoms with van der Waals surface area (Å²) in [5.74, 6) is 0.684. The van der Waals surface area contributed by atoms with Crippen LogP contribution in [0.5, 0.6) is 0 Å². The summed E-state index contributed by atoms with van der Waals surface area (Å²) in [5.41, 5.74) is 7.48. The second-order valence-electron chi connectivity index (χ2n) is 5.70. The lowest BCUT2D eigenvalue weighted by atomic mass is 10.0. The van der Waals surface area contributed by atoms with Crippen molar-refractivity contribution in [2.75, 3.05) is 0 Å². The van der Waals surface area contributed by atoms with E-state index in [1.165, 1.54) is 11.1 Å². The van der Waals surface area contributed by atoms with Gasteiger partial charge in [0.1, 0.15) is 5.69 Å². The molecule has 0 amide bonds. The van der Waals surface area contributed by atoms with E-state index in [2.05, 4.69) is 54.1 Å². The molecule has 110 valence electrons. The van der Waals surface area contributed by atoms with Crippen molar-refractivity contribution in [3.05, 3.63) is 65.0 Å². The highest BCUT2D eigenvalue weighted by Crippen LogP contribution is 2.26. The maximum atomic E-state index is 4.82. The van der Waals surface area contributed by atoms with Crippen LogP contribution in [0.1, 0.15) is 22.4 Å². The molecule has 3 nitrogen and oxygen atoms in total. The van der Waals surface area contributed by atoms with Gasteiger partial charge in [-0.2, -0.15) is 0 Å². The molecule has 3 rings (SSSR count). The smallest absolute Gasteiger partial charge is 0.178 e. The van der Waals surface area contributed by atoms with Crippen molar-refractivity contribution in [3.8, 4) is 22.8 Å². The number of hydrogen-bond acceptors (Lipinski definition) is 3. The lowest BCUT2D eigenvalue weighted by Gasteiger charge is -2.10. The highest BCUT2D eigenvalue weighted by Gasteiger charge is 2.11. The molecule has 0 spiro atoms. The Bertz CT molecular complexity index is 838. The van der Waals surface area contributed by atoms with Gasteiger partial charge in [0, 0.05) is 17.5 Å². The molecule has 0 fully saturated rings. The van der Waals surface area contributed by atoms with Crippen LogP contribution < -0.4 is 0 Å². The quantitative estimate of drug-likeness (QED) is 0.700. The van der Waals surface area contributed by atoms with Crippen LogP contribution in [-0.2, 0) is 0 Å². The van der Waals surface area contributed by atoms with Gasteiger partial charge in [-0.25, -0.2) is 15.0 Å². The Hall–Kier alpha value is -2.55. The Labute approximate surface area is 131 Å². The molecule has 1 aromatic carbocycles. The summed E-state index contributed by atoms with van der Waals surface area (Å²) < 4.78 is 0. The first-order chi connectivity index (χ1) is 10.5. The van der Waals surface area contributed by atoms with Gasteiger partial charge in [0.25, 0.3) is 0 Å². The highest BCUT2D eigenvalue weighted by atomic mass is 14.9. The number of benzene rings is 1. The van der Waals surface area contributed by atoms with E-state index in [0.717, 1.165) is 28.2 Å². The standard InChI is InChI=1S/C19H19N3/c1-12-5-7-16(14(3)11-12)17-8-6-13(2)18(22-17)19-20-10-9-15(4)21-19/h5-11H,1-4H3. The van der Waals surface area contributed by atoms with Crippen LogP contribution in [0.2, 0.25) is 0 Å². The molecule has 0 aliphatic carbocycles. The Kier molecular flexibility index (Phi) is 3.72. The molecule has 3 heteroatoms. The van der Waals surface area contributed by atoms with Gasteiger partial charge in [-0.1, -0.05) is 29.8 Å². The van der Waals surface area contributed by atoms with Gasteiger partial charge in [0.15, 0.2) is 5.82 Å². The van der Waals surface area contributed by atoms with Crippen molar-refractivity contribution in [3.63, 3.8) is 0 Å². The van der Waals surface area contributed by atoms with E-state index in [1.54, 1.807) is 6.20 Å². The van der Waals surface area contributed by atoms with E-state index in [4.69, 9.17) is 4.98 Å². The number of hydrogen-bond donors (Lipinski definition) is 0. The number of nitrogens with zero attached hydrogens (tertiary/aromatic N) is 3. The van der Waals surface area contributed by atoms with E-state index >= 15 is 0 Å². The monoisotopic (exact) mass is 289 g/mol. The summed E-state index contributed by atoms with van der Waals surface area (Å²) in [7, 11) is 0. The van der Waals surface area contributed by atoms with Gasteiger partial charge < -0.3 is 0 Å². The largest absolute Gasteiger partial charge is 0.244 e. The van der Waals surface area contributed by atoms with Crippen LogP contribution >= 0.6 is 0 Å². The molecular weight excluding hydrogens is 270 g/mol. The third kappa shape index (κ3) is 2.75. The Balaban J connectivity index is 2.14. The second kappa shape index (κ2) is 5.68. The topological polar surface area (TPSA) is 38.7 Å². The SMILES string of the molecule is Cc1ccc(-c2ccc(C)c(-c3nccc(C)n3)n2)c(C)c1. The molecule has 0 saturated carbocycles. The fourth-order valence-corrected chi connectivity index (χ4v) is 2.57. The molecule has 0 radical (unpaired) electrons. The van der Waals surface area contributed by atoms with Crippen LogP contribution in [0.3, 0.4) is 0 Å². The number of pyridine rings is 1. The minimum absolute atomic E-state index is 0.684. The summed E-state index contributed by atoms with van der Waals surface area (Å²) in [4.78, 5) is 13.7. The number of aromatic nitrogens is 3. The Morgan fingerprint density at radius 3 is 2.32 bits per heavy atom. The summed E-state index contributed by atoms with van der Waals surface area (Å²) in [5, 5.41) is 0. The molecule has 0 N–H and O–H groups in total. The van der Waals surface area contributed by atoms with Gasteiger partial charge >= 0.3 is 0 Å². The molecule has 0 unspecified atom stereocenters. The summed E-state index contributed by atoms with van der Waals surface area (Å²) in [6, 6.07) is 12.5. The molecule has 2 aromatic heterocycles. The third-order valence-electron chi connectivity index (χ3n) is 3.76. The molecule has 0 bridgehead atoms. The van der Waals surface area contributed by atoms with E-state index in [9.17, 15) is 0 Å². The van der Waals surface area contributed by atoms with Crippen LogP contribution in [0.15, 0.2) is 42.6 Å². The molecule has 22 heavy (non-hydrogen) atoms. The molecule has 0 saturated heterocycles. The van der Waals surface area contributed by atoms with Crippen LogP contribution in [-0.4, -0.2) is 15.0 Å². The van der Waals surface area contributed by atoms with Gasteiger partial charge in [-0.15, -0.1) is 0 Å². The average Bonchev–Trinajstić information content (AvgIpc) is 2.48. The molecule has 2 heterocycles. The average molecular weight is 289 g/mol. The minimum atomic E-state index is 0.684. The predicted octanol–water partition coefficient (Wildman–Crippen LogP) is 4.44. The number of rotatable bonds is 2. The third-order valence-corrected chi connectivity index (χ3v) is 3.76. The van der Waals surface area contributed by atoms with Crippen molar-refractivity contribution in [1.82, 2.24) is 15.0 Å². The summed E-state index contributed by atoms with van der Waals surface area (Å²) in [6.07, 6.45) is 1.78. The normalized spacial score (nSPS) is 10.7. The van der Waals surface area contributed by atoms with Crippen molar-refractivity contribution in [2.45, 2.75) is 27.7 Å². The molecular formula is C19H19N3. The van der Waals surface area contributed by atoms with Gasteiger partial charge in [0.05, 0.1) is 5.69 Å². The molecule has 0 aliphatic heterocycles.